The number of fused-ring (bicyclic) bond motifs is 1. The fourth-order valence-corrected chi connectivity index (χ4v) is 3.73. The minimum atomic E-state index is -3.65. The molecule has 2 aromatic rings. The molecule has 0 radical (unpaired) electrons. The second-order valence-electron chi connectivity index (χ2n) is 4.57. The first-order chi connectivity index (χ1) is 10.5. The molecule has 0 spiro atoms. The van der Waals surface area contributed by atoms with Gasteiger partial charge in [0.2, 0.25) is 0 Å². The van der Waals surface area contributed by atoms with Crippen molar-refractivity contribution in [1.29, 1.82) is 0 Å². The van der Waals surface area contributed by atoms with Gasteiger partial charge in [0.1, 0.15) is 5.82 Å². The predicted octanol–water partition coefficient (Wildman–Crippen LogP) is 0.0496. The molecule has 9 heteroatoms. The number of benzene rings is 1. The van der Waals surface area contributed by atoms with Crippen LogP contribution in [0.15, 0.2) is 41.4 Å². The fraction of sp³-hybridized carbons (Fsp3) is 0.154. The molecule has 0 fully saturated rings. The highest BCUT2D eigenvalue weighted by Crippen LogP contribution is 2.33. The minimum Gasteiger partial charge on any atom is -0.453 e. The number of hydrogen-bond donors (Lipinski definition) is 1. The van der Waals surface area contributed by atoms with E-state index in [-0.39, 0.29) is 29.9 Å². The fourth-order valence-electron chi connectivity index (χ4n) is 2.12. The molecule has 22 heavy (non-hydrogen) atoms. The van der Waals surface area contributed by atoms with E-state index < -0.39 is 15.9 Å². The number of nitrogens with two attached hydrogens (primary N) is 1. The van der Waals surface area contributed by atoms with Gasteiger partial charge < -0.3 is 10.5 Å². The molecule has 1 aliphatic heterocycles. The summed E-state index contributed by atoms with van der Waals surface area (Å²) in [7, 11) is -3.65. The molecule has 2 N–H and O–H groups in total. The van der Waals surface area contributed by atoms with Crippen LogP contribution in [-0.2, 0) is 21.4 Å². The summed E-state index contributed by atoms with van der Waals surface area (Å²) >= 11 is 0. The Morgan fingerprint density at radius 2 is 2.09 bits per heavy atom. The molecule has 0 unspecified atom stereocenters. The monoisotopic (exact) mass is 320 g/mol. The Hall–Kier alpha value is -2.68. The second kappa shape index (κ2) is 5.26. The normalized spacial score (nSPS) is 15.4. The summed E-state index contributed by atoms with van der Waals surface area (Å²) in [6.07, 6.45) is 1.36. The molecule has 0 atom stereocenters. The highest BCUT2D eigenvalue weighted by atomic mass is 32.2. The lowest BCUT2D eigenvalue weighted by atomic mass is 10.2. The Balaban J connectivity index is 1.93. The predicted molar refractivity (Wildman–Crippen MR) is 76.5 cm³/mol. The van der Waals surface area contributed by atoms with Crippen LogP contribution in [0.4, 0.5) is 5.82 Å². The van der Waals surface area contributed by atoms with Gasteiger partial charge in [-0.3, -0.25) is 4.79 Å². The summed E-state index contributed by atoms with van der Waals surface area (Å²) in [5, 5.41) is 0. The topological polar surface area (TPSA) is 115 Å². The first-order valence-corrected chi connectivity index (χ1v) is 7.77. The van der Waals surface area contributed by atoms with E-state index in [1.807, 2.05) is 0 Å². The van der Waals surface area contributed by atoms with Crippen LogP contribution in [0.2, 0.25) is 0 Å². The third-order valence-electron chi connectivity index (χ3n) is 3.07. The molecule has 1 aromatic carbocycles. The van der Waals surface area contributed by atoms with Gasteiger partial charge in [0.25, 0.3) is 15.9 Å². The summed E-state index contributed by atoms with van der Waals surface area (Å²) in [6, 6.07) is 8.10. The quantitative estimate of drug-likeness (QED) is 0.851. The van der Waals surface area contributed by atoms with Crippen molar-refractivity contribution in [2.75, 3.05) is 10.9 Å². The largest absolute Gasteiger partial charge is 0.453 e. The van der Waals surface area contributed by atoms with Gasteiger partial charge >= 0.3 is 6.01 Å². The van der Waals surface area contributed by atoms with Crippen LogP contribution in [0, 0.1) is 0 Å². The standard InChI is InChI=1S/C13H12N4O4S/c14-11(18)8-21-13-15-6-5-12(16-13)17-7-9-3-1-2-4-10(9)22(17,19)20/h1-6H,7-8H2,(H2,14,18). The number of sulfonamides is 1. The van der Waals surface area contributed by atoms with Crippen molar-refractivity contribution in [2.45, 2.75) is 11.4 Å². The van der Waals surface area contributed by atoms with Gasteiger partial charge in [0, 0.05) is 12.3 Å². The molecule has 0 bridgehead atoms. The zero-order valence-corrected chi connectivity index (χ0v) is 12.2. The molecule has 1 aliphatic rings. The van der Waals surface area contributed by atoms with Gasteiger partial charge in [-0.2, -0.15) is 4.98 Å². The van der Waals surface area contributed by atoms with Gasteiger partial charge in [-0.15, -0.1) is 0 Å². The van der Waals surface area contributed by atoms with E-state index in [0.717, 1.165) is 4.31 Å². The van der Waals surface area contributed by atoms with Gasteiger partial charge in [-0.05, 0) is 11.6 Å². The maximum absolute atomic E-state index is 12.5. The Morgan fingerprint density at radius 1 is 1.32 bits per heavy atom. The number of anilines is 1. The lowest BCUT2D eigenvalue weighted by Crippen LogP contribution is -2.25. The molecule has 0 saturated carbocycles. The van der Waals surface area contributed by atoms with E-state index in [4.69, 9.17) is 10.5 Å². The van der Waals surface area contributed by atoms with Crippen molar-refractivity contribution in [3.63, 3.8) is 0 Å². The highest BCUT2D eigenvalue weighted by Gasteiger charge is 2.35. The van der Waals surface area contributed by atoms with Gasteiger partial charge in [-0.25, -0.2) is 17.7 Å². The lowest BCUT2D eigenvalue weighted by Gasteiger charge is -2.16. The van der Waals surface area contributed by atoms with Crippen molar-refractivity contribution in [3.8, 4) is 6.01 Å². The second-order valence-corrected chi connectivity index (χ2v) is 6.40. The lowest BCUT2D eigenvalue weighted by molar-refractivity contribution is -0.120. The molecule has 1 aromatic heterocycles. The number of nitrogens with zero attached hydrogens (tertiary/aromatic N) is 3. The Morgan fingerprint density at radius 3 is 2.82 bits per heavy atom. The number of carbonyl (C=O) groups excluding carboxylic acids is 1. The van der Waals surface area contributed by atoms with Gasteiger partial charge in [0.15, 0.2) is 6.61 Å². The molecule has 0 aliphatic carbocycles. The molecule has 2 heterocycles. The van der Waals surface area contributed by atoms with E-state index in [2.05, 4.69) is 9.97 Å². The average molecular weight is 320 g/mol. The highest BCUT2D eigenvalue weighted by molar-refractivity contribution is 7.93. The smallest absolute Gasteiger partial charge is 0.318 e. The van der Waals surface area contributed by atoms with E-state index in [1.54, 1.807) is 24.3 Å². The zero-order chi connectivity index (χ0) is 15.7. The number of ether oxygens (including phenoxy) is 1. The van der Waals surface area contributed by atoms with Gasteiger partial charge in [-0.1, -0.05) is 18.2 Å². The van der Waals surface area contributed by atoms with Crippen molar-refractivity contribution in [3.05, 3.63) is 42.1 Å². The van der Waals surface area contributed by atoms with E-state index in [1.165, 1.54) is 12.3 Å². The average Bonchev–Trinajstić information content (AvgIpc) is 2.77. The molecular weight excluding hydrogens is 308 g/mol. The minimum absolute atomic E-state index is 0.109. The molecule has 0 saturated heterocycles. The Labute approximate surface area is 126 Å². The molecule has 8 nitrogen and oxygen atoms in total. The van der Waals surface area contributed by atoms with Crippen LogP contribution in [0.5, 0.6) is 6.01 Å². The molecule has 3 rings (SSSR count). The van der Waals surface area contributed by atoms with Crippen LogP contribution >= 0.6 is 0 Å². The SMILES string of the molecule is NC(=O)COc1nccc(N2Cc3ccccc3S2(=O)=O)n1. The van der Waals surface area contributed by atoms with Crippen LogP contribution in [0.25, 0.3) is 0 Å². The van der Waals surface area contributed by atoms with Crippen molar-refractivity contribution in [2.24, 2.45) is 5.73 Å². The third kappa shape index (κ3) is 2.46. The third-order valence-corrected chi connectivity index (χ3v) is 4.92. The van der Waals surface area contributed by atoms with Crippen molar-refractivity contribution < 1.29 is 17.9 Å². The van der Waals surface area contributed by atoms with Crippen LogP contribution in [0.3, 0.4) is 0 Å². The first-order valence-electron chi connectivity index (χ1n) is 6.33. The Bertz CT molecular complexity index is 837. The summed E-state index contributed by atoms with van der Waals surface area (Å²) in [4.78, 5) is 18.8. The summed E-state index contributed by atoms with van der Waals surface area (Å²) in [6.45, 7) is -0.193. The maximum atomic E-state index is 12.5. The van der Waals surface area contributed by atoms with Crippen LogP contribution in [-0.4, -0.2) is 30.9 Å². The first kappa shape index (κ1) is 14.3. The number of hydrogen-bond acceptors (Lipinski definition) is 6. The molecule has 114 valence electrons. The van der Waals surface area contributed by atoms with Crippen LogP contribution < -0.4 is 14.8 Å². The van der Waals surface area contributed by atoms with Crippen molar-refractivity contribution in [1.82, 2.24) is 9.97 Å². The van der Waals surface area contributed by atoms with E-state index in [9.17, 15) is 13.2 Å². The molecular formula is C13H12N4O4S. The number of aromatic nitrogens is 2. The van der Waals surface area contributed by atoms with Gasteiger partial charge in [0.05, 0.1) is 11.4 Å². The summed E-state index contributed by atoms with van der Waals surface area (Å²) < 4.78 is 31.2. The van der Waals surface area contributed by atoms with Crippen molar-refractivity contribution >= 4 is 21.7 Å². The zero-order valence-electron chi connectivity index (χ0n) is 11.3. The number of amides is 1. The number of carbonyl (C=O) groups is 1. The Kier molecular flexibility index (Phi) is 3.41. The van der Waals surface area contributed by atoms with E-state index in [0.29, 0.717) is 5.56 Å². The number of primary amides is 1. The van der Waals surface area contributed by atoms with E-state index >= 15 is 0 Å². The summed E-state index contributed by atoms with van der Waals surface area (Å²) in [5.41, 5.74) is 5.67. The van der Waals surface area contributed by atoms with Crippen LogP contribution in [0.1, 0.15) is 5.56 Å². The summed E-state index contributed by atoms with van der Waals surface area (Å²) in [5.74, 6) is -0.499. The number of rotatable bonds is 4. The maximum Gasteiger partial charge on any atom is 0.318 e. The molecule has 1 amide bonds.